The summed E-state index contributed by atoms with van der Waals surface area (Å²) in [5.74, 6) is 1.45. The monoisotopic (exact) mass is 395 g/mol. The summed E-state index contributed by atoms with van der Waals surface area (Å²) < 4.78 is 23.8. The van der Waals surface area contributed by atoms with Gasteiger partial charge in [-0.2, -0.15) is 4.98 Å². The molecule has 4 rings (SSSR count). The number of hydrogen-bond acceptors (Lipinski definition) is 8. The molecule has 1 unspecified atom stereocenters. The Labute approximate surface area is 165 Å². The molecule has 0 fully saturated rings. The molecule has 0 aliphatic heterocycles. The van der Waals surface area contributed by atoms with Crippen molar-refractivity contribution in [1.29, 1.82) is 0 Å². The summed E-state index contributed by atoms with van der Waals surface area (Å²) in [6.07, 6.45) is 0.489. The fourth-order valence-electron chi connectivity index (χ4n) is 3.01. The number of halogens is 1. The second-order valence-corrected chi connectivity index (χ2v) is 6.40. The van der Waals surface area contributed by atoms with Crippen LogP contribution >= 0.6 is 0 Å². The molecule has 4 aromatic rings. The van der Waals surface area contributed by atoms with Crippen molar-refractivity contribution >= 4 is 16.7 Å². The molecule has 0 radical (unpaired) electrons. The minimum Gasteiger partial charge on any atom is -0.494 e. The molecule has 2 heterocycles. The number of rotatable bonds is 6. The van der Waals surface area contributed by atoms with Crippen molar-refractivity contribution in [2.75, 3.05) is 12.4 Å². The lowest BCUT2D eigenvalue weighted by molar-refractivity contribution is 0.188. The first-order valence-electron chi connectivity index (χ1n) is 8.86. The van der Waals surface area contributed by atoms with Gasteiger partial charge >= 0.3 is 0 Å². The number of fused-ring (bicyclic) bond motifs is 1. The highest BCUT2D eigenvalue weighted by molar-refractivity contribution is 5.96. The normalized spacial score (nSPS) is 12.1. The molecular weight excluding hydrogens is 377 g/mol. The van der Waals surface area contributed by atoms with Crippen molar-refractivity contribution in [2.45, 2.75) is 19.6 Å². The Balaban J connectivity index is 1.71. The average molecular weight is 395 g/mol. The number of aryl methyl sites for hydroxylation is 1. The maximum Gasteiger partial charge on any atom is 0.231 e. The number of aliphatic hydroxyl groups excluding tert-OH is 1. The van der Waals surface area contributed by atoms with Crippen LogP contribution in [-0.4, -0.2) is 38.6 Å². The van der Waals surface area contributed by atoms with Crippen LogP contribution in [0.4, 0.5) is 10.2 Å². The van der Waals surface area contributed by atoms with Crippen LogP contribution in [0.5, 0.6) is 5.75 Å². The van der Waals surface area contributed by atoms with Gasteiger partial charge in [0.2, 0.25) is 5.89 Å². The van der Waals surface area contributed by atoms with Crippen LogP contribution in [0.2, 0.25) is 0 Å². The van der Waals surface area contributed by atoms with Crippen LogP contribution in [0.3, 0.4) is 0 Å². The zero-order chi connectivity index (χ0) is 20.4. The van der Waals surface area contributed by atoms with Gasteiger partial charge in [0.1, 0.15) is 35.5 Å². The van der Waals surface area contributed by atoms with Crippen LogP contribution in [-0.2, 0) is 6.42 Å². The summed E-state index contributed by atoms with van der Waals surface area (Å²) >= 11 is 0. The summed E-state index contributed by atoms with van der Waals surface area (Å²) in [5.41, 5.74) is 2.19. The smallest absolute Gasteiger partial charge is 0.231 e. The third kappa shape index (κ3) is 3.99. The van der Waals surface area contributed by atoms with Crippen molar-refractivity contribution in [3.05, 3.63) is 60.3 Å². The Morgan fingerprint density at radius 2 is 1.97 bits per heavy atom. The molecule has 29 heavy (non-hydrogen) atoms. The van der Waals surface area contributed by atoms with Gasteiger partial charge in [0.25, 0.3) is 0 Å². The maximum absolute atomic E-state index is 13.3. The molecule has 8 nitrogen and oxygen atoms in total. The topological polar surface area (TPSA) is 106 Å². The second kappa shape index (κ2) is 7.80. The van der Waals surface area contributed by atoms with E-state index in [-0.39, 0.29) is 12.2 Å². The molecule has 0 aliphatic rings. The Hall–Kier alpha value is -3.59. The van der Waals surface area contributed by atoms with Gasteiger partial charge in [0, 0.05) is 5.39 Å². The predicted molar refractivity (Wildman–Crippen MR) is 104 cm³/mol. The van der Waals surface area contributed by atoms with Crippen molar-refractivity contribution in [2.24, 2.45) is 0 Å². The first-order chi connectivity index (χ1) is 14.0. The Morgan fingerprint density at radius 1 is 1.17 bits per heavy atom. The van der Waals surface area contributed by atoms with Gasteiger partial charge in [-0.3, -0.25) is 0 Å². The van der Waals surface area contributed by atoms with E-state index in [0.29, 0.717) is 34.2 Å². The Kier molecular flexibility index (Phi) is 5.05. The van der Waals surface area contributed by atoms with E-state index in [1.54, 1.807) is 26.2 Å². The summed E-state index contributed by atoms with van der Waals surface area (Å²) in [5, 5.41) is 17.7. The van der Waals surface area contributed by atoms with E-state index >= 15 is 0 Å². The van der Waals surface area contributed by atoms with Gasteiger partial charge in [-0.1, -0.05) is 17.3 Å². The number of anilines is 1. The summed E-state index contributed by atoms with van der Waals surface area (Å²) in [7, 11) is 1.55. The predicted octanol–water partition coefficient (Wildman–Crippen LogP) is 3.11. The van der Waals surface area contributed by atoms with Crippen molar-refractivity contribution in [1.82, 2.24) is 20.1 Å². The number of nitrogens with zero attached hydrogens (tertiary/aromatic N) is 4. The van der Waals surface area contributed by atoms with E-state index in [1.807, 2.05) is 12.1 Å². The Bertz CT molecular complexity index is 1150. The number of benzene rings is 2. The lowest BCUT2D eigenvalue weighted by atomic mass is 10.0. The van der Waals surface area contributed by atoms with Gasteiger partial charge in [0.05, 0.1) is 13.5 Å². The number of aliphatic hydroxyl groups is 1. The van der Waals surface area contributed by atoms with Crippen molar-refractivity contribution < 1.29 is 18.8 Å². The van der Waals surface area contributed by atoms with E-state index in [1.165, 1.54) is 18.5 Å². The van der Waals surface area contributed by atoms with E-state index in [4.69, 9.17) is 9.26 Å². The minimum atomic E-state index is -1.01. The van der Waals surface area contributed by atoms with Crippen molar-refractivity contribution in [3.63, 3.8) is 0 Å². The highest BCUT2D eigenvalue weighted by Crippen LogP contribution is 2.34. The van der Waals surface area contributed by atoms with Gasteiger partial charge in [-0.15, -0.1) is 0 Å². The molecule has 2 aromatic heterocycles. The molecule has 9 heteroatoms. The number of nitrogens with one attached hydrogen (secondary N) is 1. The largest absolute Gasteiger partial charge is 0.494 e. The van der Waals surface area contributed by atoms with E-state index in [0.717, 1.165) is 11.1 Å². The molecule has 148 valence electrons. The molecule has 0 aliphatic carbocycles. The van der Waals surface area contributed by atoms with Crippen LogP contribution in [0.25, 0.3) is 22.0 Å². The summed E-state index contributed by atoms with van der Waals surface area (Å²) in [6.45, 7) is 1.70. The summed E-state index contributed by atoms with van der Waals surface area (Å²) in [6, 6.07) is 9.83. The highest BCUT2D eigenvalue weighted by Gasteiger charge is 2.16. The fourth-order valence-corrected chi connectivity index (χ4v) is 3.01. The lowest BCUT2D eigenvalue weighted by Gasteiger charge is -2.15. The Morgan fingerprint density at radius 3 is 2.66 bits per heavy atom. The van der Waals surface area contributed by atoms with E-state index < -0.39 is 6.23 Å². The van der Waals surface area contributed by atoms with E-state index in [9.17, 15) is 9.50 Å². The first kappa shape index (κ1) is 18.8. The maximum atomic E-state index is 13.3. The standard InChI is InChI=1S/C20H18FN5O3/c1-11-24-18(29-26-11)9-17(27)25-20-15-7-13(12-3-5-14(21)6-4-12)8-16(28-2)19(15)22-10-23-20/h3-8,10,17,27H,9H2,1-2H3,(H,22,23,25). The SMILES string of the molecule is COc1cc(-c2ccc(F)cc2)cc2c(NC(O)Cc3nc(C)no3)ncnc12. The first-order valence-corrected chi connectivity index (χ1v) is 8.86. The quantitative estimate of drug-likeness (QED) is 0.480. The molecule has 0 spiro atoms. The van der Waals surface area contributed by atoms with Crippen LogP contribution < -0.4 is 10.1 Å². The fraction of sp³-hybridized carbons (Fsp3) is 0.200. The van der Waals surface area contributed by atoms with Gasteiger partial charge in [-0.25, -0.2) is 14.4 Å². The van der Waals surface area contributed by atoms with Crippen LogP contribution in [0, 0.1) is 12.7 Å². The van der Waals surface area contributed by atoms with Crippen LogP contribution in [0.1, 0.15) is 11.7 Å². The van der Waals surface area contributed by atoms with Gasteiger partial charge in [0.15, 0.2) is 5.82 Å². The van der Waals surface area contributed by atoms with E-state index in [2.05, 4.69) is 25.4 Å². The van der Waals surface area contributed by atoms with Gasteiger partial charge < -0.3 is 19.7 Å². The third-order valence-corrected chi connectivity index (χ3v) is 4.34. The second-order valence-electron chi connectivity index (χ2n) is 6.40. The lowest BCUT2D eigenvalue weighted by Crippen LogP contribution is -2.22. The average Bonchev–Trinajstić information content (AvgIpc) is 3.12. The minimum absolute atomic E-state index is 0.112. The number of methoxy groups -OCH3 is 1. The number of hydrogen-bond donors (Lipinski definition) is 2. The molecule has 2 N–H and O–H groups in total. The van der Waals surface area contributed by atoms with Crippen LogP contribution in [0.15, 0.2) is 47.2 Å². The van der Waals surface area contributed by atoms with Gasteiger partial charge in [-0.05, 0) is 42.3 Å². The zero-order valence-electron chi connectivity index (χ0n) is 15.8. The number of aromatic nitrogens is 4. The molecule has 0 bridgehead atoms. The molecule has 1 atom stereocenters. The third-order valence-electron chi connectivity index (χ3n) is 4.34. The number of ether oxygens (including phenoxy) is 1. The summed E-state index contributed by atoms with van der Waals surface area (Å²) in [4.78, 5) is 12.6. The molecule has 0 saturated heterocycles. The molecule has 2 aromatic carbocycles. The van der Waals surface area contributed by atoms with Crippen molar-refractivity contribution in [3.8, 4) is 16.9 Å². The molecule has 0 saturated carbocycles. The zero-order valence-corrected chi connectivity index (χ0v) is 15.8. The molecular formula is C20H18FN5O3. The highest BCUT2D eigenvalue weighted by atomic mass is 19.1. The molecule has 0 amide bonds.